The van der Waals surface area contributed by atoms with Gasteiger partial charge in [0.25, 0.3) is 0 Å². The first-order chi connectivity index (χ1) is 4.38. The zero-order valence-corrected chi connectivity index (χ0v) is 5.94. The largest absolute Gasteiger partial charge is 0.295 e. The summed E-state index contributed by atoms with van der Waals surface area (Å²) in [6.07, 6.45) is 2.44. The molecule has 9 heavy (non-hydrogen) atoms. The normalized spacial score (nSPS) is 32.7. The van der Waals surface area contributed by atoms with Crippen molar-refractivity contribution in [2.75, 3.05) is 19.8 Å². The summed E-state index contributed by atoms with van der Waals surface area (Å²) in [5.74, 6) is 0. The summed E-state index contributed by atoms with van der Waals surface area (Å²) >= 11 is 0. The van der Waals surface area contributed by atoms with Gasteiger partial charge in [-0.2, -0.15) is 0 Å². The van der Waals surface area contributed by atoms with Crippen LogP contribution in [-0.2, 0) is 0 Å². The molecule has 1 nitrogen and oxygen atoms in total. The molecule has 54 valence electrons. The average molecular weight is 131 g/mol. The Bertz CT molecular complexity index is 85.0. The molecule has 0 saturated carbocycles. The van der Waals surface area contributed by atoms with Gasteiger partial charge >= 0.3 is 0 Å². The third-order valence-electron chi connectivity index (χ3n) is 1.81. The molecule has 2 heteroatoms. The van der Waals surface area contributed by atoms with E-state index in [1.165, 1.54) is 12.8 Å². The van der Waals surface area contributed by atoms with Crippen molar-refractivity contribution >= 4 is 0 Å². The van der Waals surface area contributed by atoms with E-state index in [2.05, 4.69) is 11.8 Å². The van der Waals surface area contributed by atoms with E-state index < -0.39 is 0 Å². The predicted molar refractivity (Wildman–Crippen MR) is 36.2 cm³/mol. The van der Waals surface area contributed by atoms with Crippen molar-refractivity contribution in [2.24, 2.45) is 0 Å². The molecule has 1 rings (SSSR count). The first-order valence-electron chi connectivity index (χ1n) is 3.68. The highest BCUT2D eigenvalue weighted by Gasteiger charge is 2.32. The van der Waals surface area contributed by atoms with Gasteiger partial charge in [-0.15, -0.1) is 0 Å². The number of unbranched alkanes of at least 4 members (excludes halogenated alkanes) is 1. The fourth-order valence-electron chi connectivity index (χ4n) is 1.01. The van der Waals surface area contributed by atoms with E-state index in [-0.39, 0.29) is 12.7 Å². The summed E-state index contributed by atoms with van der Waals surface area (Å²) in [5, 5.41) is 0. The summed E-state index contributed by atoms with van der Waals surface area (Å²) in [5.41, 5.74) is 0. The van der Waals surface area contributed by atoms with Crippen LogP contribution in [0.3, 0.4) is 0 Å². The molecule has 0 aromatic heterocycles. The molecule has 0 aromatic carbocycles. The summed E-state index contributed by atoms with van der Waals surface area (Å²) in [7, 11) is 0. The zero-order valence-electron chi connectivity index (χ0n) is 5.94. The molecule has 1 saturated heterocycles. The molecule has 0 N–H and O–H groups in total. The van der Waals surface area contributed by atoms with Gasteiger partial charge in [0.15, 0.2) is 0 Å². The predicted octanol–water partition coefficient (Wildman–Crippen LogP) is 1.44. The van der Waals surface area contributed by atoms with Crippen molar-refractivity contribution in [1.29, 1.82) is 0 Å². The summed E-state index contributed by atoms with van der Waals surface area (Å²) in [6, 6.07) is 0.288. The molecule has 1 heterocycles. The molecular weight excluding hydrogens is 117 g/mol. The minimum absolute atomic E-state index is 0.149. The van der Waals surface area contributed by atoms with Crippen molar-refractivity contribution in [3.63, 3.8) is 0 Å². The highest BCUT2D eigenvalue weighted by atomic mass is 19.1. The maximum absolute atomic E-state index is 11.8. The van der Waals surface area contributed by atoms with Gasteiger partial charge in [0.05, 0.1) is 6.04 Å². The Labute approximate surface area is 55.8 Å². The van der Waals surface area contributed by atoms with Gasteiger partial charge in [-0.05, 0) is 13.0 Å². The Kier molecular flexibility index (Phi) is 2.46. The second-order valence-electron chi connectivity index (χ2n) is 2.66. The fraction of sp³-hybridized carbons (Fsp3) is 1.00. The molecule has 2 unspecified atom stereocenters. The molecule has 1 aliphatic heterocycles. The molecule has 0 aliphatic carbocycles. The van der Waals surface area contributed by atoms with Crippen molar-refractivity contribution < 1.29 is 4.39 Å². The summed E-state index contributed by atoms with van der Waals surface area (Å²) in [4.78, 5) is 2.18. The third-order valence-corrected chi connectivity index (χ3v) is 1.81. The lowest BCUT2D eigenvalue weighted by atomic mass is 10.3. The molecule has 1 aliphatic rings. The molecular formula is C7H14FN. The number of alkyl halides is 1. The lowest BCUT2D eigenvalue weighted by Crippen LogP contribution is -2.04. The molecule has 0 bridgehead atoms. The highest BCUT2D eigenvalue weighted by Crippen LogP contribution is 2.17. The Morgan fingerprint density at radius 3 is 2.89 bits per heavy atom. The van der Waals surface area contributed by atoms with E-state index >= 15 is 0 Å². The van der Waals surface area contributed by atoms with Crippen LogP contribution in [0.15, 0.2) is 0 Å². The Balaban J connectivity index is 1.92. The van der Waals surface area contributed by atoms with Gasteiger partial charge in [0.1, 0.15) is 6.67 Å². The average Bonchev–Trinajstić information content (AvgIpc) is 2.62. The van der Waals surface area contributed by atoms with Crippen molar-refractivity contribution in [3.05, 3.63) is 0 Å². The topological polar surface area (TPSA) is 3.01 Å². The molecule has 1 fully saturated rings. The van der Waals surface area contributed by atoms with Crippen LogP contribution >= 0.6 is 0 Å². The van der Waals surface area contributed by atoms with Crippen LogP contribution in [0, 0.1) is 0 Å². The Morgan fingerprint density at radius 2 is 2.44 bits per heavy atom. The monoisotopic (exact) mass is 131 g/mol. The quantitative estimate of drug-likeness (QED) is 0.522. The van der Waals surface area contributed by atoms with Crippen molar-refractivity contribution in [1.82, 2.24) is 4.90 Å². The van der Waals surface area contributed by atoms with Gasteiger partial charge in [0.2, 0.25) is 0 Å². The van der Waals surface area contributed by atoms with E-state index in [1.807, 2.05) is 0 Å². The van der Waals surface area contributed by atoms with E-state index in [1.54, 1.807) is 0 Å². The Morgan fingerprint density at radius 1 is 1.67 bits per heavy atom. The second-order valence-corrected chi connectivity index (χ2v) is 2.66. The lowest BCUT2D eigenvalue weighted by Gasteiger charge is -1.97. The smallest absolute Gasteiger partial charge is 0.106 e. The van der Waals surface area contributed by atoms with E-state index in [4.69, 9.17) is 0 Å². The van der Waals surface area contributed by atoms with Gasteiger partial charge in [0, 0.05) is 6.54 Å². The molecule has 0 aromatic rings. The summed E-state index contributed by atoms with van der Waals surface area (Å²) < 4.78 is 11.8. The maximum atomic E-state index is 11.8. The Hall–Kier alpha value is -0.110. The highest BCUT2D eigenvalue weighted by molar-refractivity contribution is 4.87. The van der Waals surface area contributed by atoms with E-state index in [0.717, 1.165) is 13.1 Å². The van der Waals surface area contributed by atoms with Crippen LogP contribution in [0.2, 0.25) is 0 Å². The van der Waals surface area contributed by atoms with Crippen LogP contribution in [0.25, 0.3) is 0 Å². The van der Waals surface area contributed by atoms with Gasteiger partial charge in [-0.1, -0.05) is 13.3 Å². The van der Waals surface area contributed by atoms with Crippen LogP contribution in [0.5, 0.6) is 0 Å². The first kappa shape index (κ1) is 7.00. The summed E-state index contributed by atoms with van der Waals surface area (Å²) in [6.45, 7) is 4.11. The van der Waals surface area contributed by atoms with Crippen molar-refractivity contribution in [3.8, 4) is 0 Å². The minimum Gasteiger partial charge on any atom is -0.295 e. The second kappa shape index (κ2) is 3.16. The van der Waals surface area contributed by atoms with Crippen LogP contribution < -0.4 is 0 Å². The fourth-order valence-corrected chi connectivity index (χ4v) is 1.01. The standard InChI is InChI=1S/C7H14FN/c1-2-3-4-9-6-7(9)5-8/h7H,2-6H2,1H3. The zero-order chi connectivity index (χ0) is 6.69. The SMILES string of the molecule is CCCCN1CC1CF. The van der Waals surface area contributed by atoms with E-state index in [9.17, 15) is 4.39 Å². The van der Waals surface area contributed by atoms with Gasteiger partial charge in [-0.25, -0.2) is 4.39 Å². The molecule has 0 spiro atoms. The van der Waals surface area contributed by atoms with Crippen LogP contribution in [0.4, 0.5) is 4.39 Å². The minimum atomic E-state index is -0.149. The first-order valence-corrected chi connectivity index (χ1v) is 3.68. The lowest BCUT2D eigenvalue weighted by molar-refractivity contribution is 0.408. The van der Waals surface area contributed by atoms with Crippen molar-refractivity contribution in [2.45, 2.75) is 25.8 Å². The molecule has 2 atom stereocenters. The molecule has 0 radical (unpaired) electrons. The van der Waals surface area contributed by atoms with Crippen LogP contribution in [-0.4, -0.2) is 30.7 Å². The number of rotatable bonds is 4. The number of hydrogen-bond donors (Lipinski definition) is 0. The van der Waals surface area contributed by atoms with Gasteiger partial charge in [-0.3, -0.25) is 4.90 Å². The molecule has 0 amide bonds. The number of halogens is 1. The van der Waals surface area contributed by atoms with Crippen LogP contribution in [0.1, 0.15) is 19.8 Å². The van der Waals surface area contributed by atoms with E-state index in [0.29, 0.717) is 0 Å². The third kappa shape index (κ3) is 1.94. The maximum Gasteiger partial charge on any atom is 0.106 e. The number of hydrogen-bond acceptors (Lipinski definition) is 1. The number of nitrogens with zero attached hydrogens (tertiary/aromatic N) is 1. The van der Waals surface area contributed by atoms with Gasteiger partial charge < -0.3 is 0 Å².